The molecule has 6 heteroatoms. The lowest BCUT2D eigenvalue weighted by molar-refractivity contribution is -0.159. The van der Waals surface area contributed by atoms with Gasteiger partial charge in [-0.1, -0.05) is 30.3 Å². The Morgan fingerprint density at radius 2 is 2.00 bits per heavy atom. The van der Waals surface area contributed by atoms with E-state index in [0.29, 0.717) is 32.7 Å². The van der Waals surface area contributed by atoms with E-state index in [4.69, 9.17) is 14.2 Å². The monoisotopic (exact) mass is 347 g/mol. The molecule has 0 N–H and O–H groups in total. The highest BCUT2D eigenvalue weighted by atomic mass is 16.5. The zero-order valence-corrected chi connectivity index (χ0v) is 14.4. The third kappa shape index (κ3) is 5.28. The first-order valence-corrected chi connectivity index (χ1v) is 8.90. The summed E-state index contributed by atoms with van der Waals surface area (Å²) in [6.07, 6.45) is 2.65. The molecule has 1 unspecified atom stereocenters. The predicted molar refractivity (Wildman–Crippen MR) is 90.7 cm³/mol. The Morgan fingerprint density at radius 1 is 1.20 bits per heavy atom. The number of esters is 1. The van der Waals surface area contributed by atoms with Gasteiger partial charge >= 0.3 is 5.97 Å². The average Bonchev–Trinajstić information content (AvgIpc) is 3.10. The number of hydrogen-bond donors (Lipinski definition) is 0. The maximum atomic E-state index is 12.0. The zero-order valence-electron chi connectivity index (χ0n) is 14.4. The maximum absolute atomic E-state index is 12.0. The Bertz CT molecular complexity index is 564. The standard InChI is InChI=1S/C19H25NO5/c21-18(8-10-23-14-17-7-4-9-24-17)20-11-16(12-20)19(22)25-13-15-5-2-1-3-6-15/h1-3,5-6,16-17H,4,7-14H2. The van der Waals surface area contributed by atoms with Crippen LogP contribution in [-0.2, 0) is 30.4 Å². The molecule has 2 saturated heterocycles. The molecule has 0 spiro atoms. The molecule has 2 aliphatic heterocycles. The van der Waals surface area contributed by atoms with Crippen LogP contribution in [0.3, 0.4) is 0 Å². The van der Waals surface area contributed by atoms with Crippen molar-refractivity contribution in [1.82, 2.24) is 4.90 Å². The summed E-state index contributed by atoms with van der Waals surface area (Å²) in [6.45, 7) is 2.93. The molecule has 1 aromatic rings. The van der Waals surface area contributed by atoms with Gasteiger partial charge in [0, 0.05) is 19.7 Å². The molecule has 2 heterocycles. The van der Waals surface area contributed by atoms with Gasteiger partial charge in [0.05, 0.1) is 31.7 Å². The Balaban J connectivity index is 1.26. The fourth-order valence-electron chi connectivity index (χ4n) is 2.99. The van der Waals surface area contributed by atoms with E-state index >= 15 is 0 Å². The van der Waals surface area contributed by atoms with Crippen LogP contribution in [-0.4, -0.2) is 55.8 Å². The highest BCUT2D eigenvalue weighted by Gasteiger charge is 2.36. The highest BCUT2D eigenvalue weighted by Crippen LogP contribution is 2.19. The van der Waals surface area contributed by atoms with Gasteiger partial charge in [0.25, 0.3) is 0 Å². The first-order chi connectivity index (χ1) is 12.2. The summed E-state index contributed by atoms with van der Waals surface area (Å²) in [7, 11) is 0. The van der Waals surface area contributed by atoms with Crippen molar-refractivity contribution < 1.29 is 23.8 Å². The summed E-state index contributed by atoms with van der Waals surface area (Å²) >= 11 is 0. The van der Waals surface area contributed by atoms with Crippen LogP contribution < -0.4 is 0 Å². The van der Waals surface area contributed by atoms with Crippen LogP contribution in [0.25, 0.3) is 0 Å². The normalized spacial score (nSPS) is 20.3. The molecule has 6 nitrogen and oxygen atoms in total. The predicted octanol–water partition coefficient (Wildman–Crippen LogP) is 1.77. The lowest BCUT2D eigenvalue weighted by Gasteiger charge is -2.37. The second kappa shape index (κ2) is 8.97. The van der Waals surface area contributed by atoms with E-state index in [2.05, 4.69) is 0 Å². The molecule has 1 aromatic carbocycles. The molecular weight excluding hydrogens is 322 g/mol. The summed E-state index contributed by atoms with van der Waals surface area (Å²) in [4.78, 5) is 25.7. The Morgan fingerprint density at radius 3 is 2.72 bits per heavy atom. The molecule has 2 aliphatic rings. The number of hydrogen-bond acceptors (Lipinski definition) is 5. The van der Waals surface area contributed by atoms with Crippen LogP contribution in [0, 0.1) is 5.92 Å². The minimum Gasteiger partial charge on any atom is -0.460 e. The fourth-order valence-corrected chi connectivity index (χ4v) is 2.99. The van der Waals surface area contributed by atoms with Gasteiger partial charge in [0.1, 0.15) is 6.61 Å². The van der Waals surface area contributed by atoms with Gasteiger partial charge in [-0.3, -0.25) is 9.59 Å². The van der Waals surface area contributed by atoms with Crippen LogP contribution in [0.15, 0.2) is 30.3 Å². The van der Waals surface area contributed by atoms with Gasteiger partial charge in [0.15, 0.2) is 0 Å². The number of likely N-dealkylation sites (tertiary alicyclic amines) is 1. The Hall–Kier alpha value is -1.92. The van der Waals surface area contributed by atoms with Crippen molar-refractivity contribution in [3.63, 3.8) is 0 Å². The molecule has 0 aromatic heterocycles. The lowest BCUT2D eigenvalue weighted by atomic mass is 10.00. The maximum Gasteiger partial charge on any atom is 0.312 e. The lowest BCUT2D eigenvalue weighted by Crippen LogP contribution is -2.53. The Labute approximate surface area is 148 Å². The van der Waals surface area contributed by atoms with E-state index in [-0.39, 0.29) is 30.5 Å². The topological polar surface area (TPSA) is 65.1 Å². The van der Waals surface area contributed by atoms with Gasteiger partial charge in [-0.2, -0.15) is 0 Å². The van der Waals surface area contributed by atoms with E-state index in [0.717, 1.165) is 25.0 Å². The molecule has 0 aliphatic carbocycles. The van der Waals surface area contributed by atoms with Crippen molar-refractivity contribution in [1.29, 1.82) is 0 Å². The van der Waals surface area contributed by atoms with Crippen molar-refractivity contribution in [2.45, 2.75) is 32.0 Å². The van der Waals surface area contributed by atoms with Gasteiger partial charge in [-0.05, 0) is 18.4 Å². The van der Waals surface area contributed by atoms with Crippen LogP contribution >= 0.6 is 0 Å². The number of nitrogens with zero attached hydrogens (tertiary/aromatic N) is 1. The van der Waals surface area contributed by atoms with E-state index in [9.17, 15) is 9.59 Å². The average molecular weight is 347 g/mol. The third-order valence-electron chi connectivity index (χ3n) is 4.58. The molecule has 0 saturated carbocycles. The quantitative estimate of drug-likeness (QED) is 0.530. The number of ether oxygens (including phenoxy) is 3. The number of benzene rings is 1. The van der Waals surface area contributed by atoms with Gasteiger partial charge < -0.3 is 19.1 Å². The summed E-state index contributed by atoms with van der Waals surface area (Å²) in [5, 5.41) is 0. The molecule has 3 rings (SSSR count). The minimum absolute atomic E-state index is 0.0273. The van der Waals surface area contributed by atoms with E-state index in [1.54, 1.807) is 4.90 Å². The van der Waals surface area contributed by atoms with Crippen molar-refractivity contribution in [3.05, 3.63) is 35.9 Å². The van der Waals surface area contributed by atoms with Crippen LogP contribution in [0.2, 0.25) is 0 Å². The van der Waals surface area contributed by atoms with Crippen LogP contribution in [0.1, 0.15) is 24.8 Å². The van der Waals surface area contributed by atoms with Crippen molar-refractivity contribution in [3.8, 4) is 0 Å². The molecule has 2 fully saturated rings. The zero-order chi connectivity index (χ0) is 17.5. The van der Waals surface area contributed by atoms with Crippen LogP contribution in [0.4, 0.5) is 0 Å². The van der Waals surface area contributed by atoms with Crippen molar-refractivity contribution in [2.75, 3.05) is 32.9 Å². The minimum atomic E-state index is -0.234. The molecule has 1 atom stereocenters. The number of carbonyl (C=O) groups is 2. The number of rotatable bonds is 8. The Kier molecular flexibility index (Phi) is 6.42. The number of carbonyl (C=O) groups excluding carboxylic acids is 2. The first kappa shape index (κ1) is 17.9. The van der Waals surface area contributed by atoms with Gasteiger partial charge in [0.2, 0.25) is 5.91 Å². The molecule has 136 valence electrons. The fraction of sp³-hybridized carbons (Fsp3) is 0.579. The largest absolute Gasteiger partial charge is 0.460 e. The smallest absolute Gasteiger partial charge is 0.312 e. The second-order valence-electron chi connectivity index (χ2n) is 6.55. The molecule has 25 heavy (non-hydrogen) atoms. The van der Waals surface area contributed by atoms with Crippen molar-refractivity contribution in [2.24, 2.45) is 5.92 Å². The van der Waals surface area contributed by atoms with E-state index in [1.165, 1.54) is 0 Å². The third-order valence-corrected chi connectivity index (χ3v) is 4.58. The summed E-state index contributed by atoms with van der Waals surface area (Å²) in [6, 6.07) is 9.58. The summed E-state index contributed by atoms with van der Waals surface area (Å²) in [5.41, 5.74) is 0.964. The summed E-state index contributed by atoms with van der Waals surface area (Å²) < 4.78 is 16.3. The molecule has 0 radical (unpaired) electrons. The second-order valence-corrected chi connectivity index (χ2v) is 6.55. The molecular formula is C19H25NO5. The van der Waals surface area contributed by atoms with E-state index in [1.807, 2.05) is 30.3 Å². The SMILES string of the molecule is O=C(OCc1ccccc1)C1CN(C(=O)CCOCC2CCCO2)C1. The molecule has 0 bridgehead atoms. The first-order valence-electron chi connectivity index (χ1n) is 8.90. The summed E-state index contributed by atoms with van der Waals surface area (Å²) in [5.74, 6) is -0.414. The van der Waals surface area contributed by atoms with Crippen LogP contribution in [0.5, 0.6) is 0 Å². The van der Waals surface area contributed by atoms with Crippen molar-refractivity contribution >= 4 is 11.9 Å². The van der Waals surface area contributed by atoms with Gasteiger partial charge in [-0.15, -0.1) is 0 Å². The van der Waals surface area contributed by atoms with Gasteiger partial charge in [-0.25, -0.2) is 0 Å². The van der Waals surface area contributed by atoms with E-state index < -0.39 is 0 Å². The highest BCUT2D eigenvalue weighted by molar-refractivity contribution is 5.81. The number of amides is 1. The molecule has 1 amide bonds.